The zero-order valence-electron chi connectivity index (χ0n) is 13.5. The van der Waals surface area contributed by atoms with Crippen molar-refractivity contribution in [3.63, 3.8) is 0 Å². The SMILES string of the molecule is O=C(Nc1ccc(-n2ccnc2)cc1)c1cc2sc(NCCO)nc2s1. The van der Waals surface area contributed by atoms with Crippen LogP contribution in [0.5, 0.6) is 0 Å². The molecule has 0 aliphatic heterocycles. The summed E-state index contributed by atoms with van der Waals surface area (Å²) in [5.41, 5.74) is 1.71. The molecular weight excluding hydrogens is 370 g/mol. The van der Waals surface area contributed by atoms with Gasteiger partial charge in [-0.05, 0) is 30.3 Å². The lowest BCUT2D eigenvalue weighted by Crippen LogP contribution is -2.10. The van der Waals surface area contributed by atoms with Crippen molar-refractivity contribution in [2.45, 2.75) is 0 Å². The summed E-state index contributed by atoms with van der Waals surface area (Å²) < 4.78 is 2.85. The van der Waals surface area contributed by atoms with Gasteiger partial charge in [0.25, 0.3) is 5.91 Å². The lowest BCUT2D eigenvalue weighted by atomic mass is 10.2. The Morgan fingerprint density at radius 2 is 2.08 bits per heavy atom. The zero-order chi connectivity index (χ0) is 17.9. The van der Waals surface area contributed by atoms with E-state index in [9.17, 15) is 4.79 Å². The predicted octanol–water partition coefficient (Wildman–Crippen LogP) is 3.20. The Morgan fingerprint density at radius 1 is 1.23 bits per heavy atom. The van der Waals surface area contributed by atoms with Crippen molar-refractivity contribution in [2.75, 3.05) is 23.8 Å². The van der Waals surface area contributed by atoms with E-state index in [1.807, 2.05) is 41.1 Å². The molecule has 1 aromatic carbocycles. The third-order valence-electron chi connectivity index (χ3n) is 3.63. The fraction of sp³-hybridized carbons (Fsp3) is 0.118. The number of hydrogen-bond acceptors (Lipinski definition) is 7. The quantitative estimate of drug-likeness (QED) is 0.474. The predicted molar refractivity (Wildman–Crippen MR) is 105 cm³/mol. The maximum Gasteiger partial charge on any atom is 0.265 e. The number of carbonyl (C=O) groups excluding carboxylic acids is 1. The monoisotopic (exact) mass is 385 g/mol. The van der Waals surface area contributed by atoms with E-state index in [1.165, 1.54) is 22.7 Å². The summed E-state index contributed by atoms with van der Waals surface area (Å²) >= 11 is 2.82. The van der Waals surface area contributed by atoms with Crippen LogP contribution < -0.4 is 10.6 Å². The van der Waals surface area contributed by atoms with Gasteiger partial charge in [-0.1, -0.05) is 11.3 Å². The summed E-state index contributed by atoms with van der Waals surface area (Å²) in [5, 5.41) is 15.5. The molecule has 0 aliphatic carbocycles. The summed E-state index contributed by atoms with van der Waals surface area (Å²) in [5.74, 6) is -0.152. The molecule has 0 radical (unpaired) electrons. The fourth-order valence-electron chi connectivity index (χ4n) is 2.41. The van der Waals surface area contributed by atoms with E-state index in [1.54, 1.807) is 12.5 Å². The van der Waals surface area contributed by atoms with Crippen LogP contribution in [-0.2, 0) is 0 Å². The molecule has 4 aromatic rings. The first kappa shape index (κ1) is 16.7. The maximum absolute atomic E-state index is 12.5. The van der Waals surface area contributed by atoms with Crippen molar-refractivity contribution < 1.29 is 9.90 Å². The van der Waals surface area contributed by atoms with Crippen LogP contribution in [0.1, 0.15) is 9.67 Å². The second kappa shape index (κ2) is 7.24. The second-order valence-electron chi connectivity index (χ2n) is 5.42. The Bertz CT molecular complexity index is 990. The molecule has 0 aliphatic rings. The van der Waals surface area contributed by atoms with Gasteiger partial charge in [-0.3, -0.25) is 4.79 Å². The van der Waals surface area contributed by atoms with Gasteiger partial charge in [-0.25, -0.2) is 9.97 Å². The number of hydrogen-bond donors (Lipinski definition) is 3. The van der Waals surface area contributed by atoms with Crippen molar-refractivity contribution >= 4 is 48.9 Å². The molecule has 1 amide bonds. The van der Waals surface area contributed by atoms with Crippen LogP contribution in [0.25, 0.3) is 15.2 Å². The molecular formula is C17H15N5O2S2. The summed E-state index contributed by atoms with van der Waals surface area (Å²) in [7, 11) is 0. The largest absolute Gasteiger partial charge is 0.395 e. The minimum Gasteiger partial charge on any atom is -0.395 e. The van der Waals surface area contributed by atoms with E-state index in [4.69, 9.17) is 5.11 Å². The molecule has 3 aromatic heterocycles. The number of thiazole rings is 1. The summed E-state index contributed by atoms with van der Waals surface area (Å²) in [6.07, 6.45) is 5.31. The molecule has 0 bridgehead atoms. The van der Waals surface area contributed by atoms with E-state index < -0.39 is 0 Å². The highest BCUT2D eigenvalue weighted by atomic mass is 32.1. The van der Waals surface area contributed by atoms with E-state index in [-0.39, 0.29) is 12.5 Å². The number of thiophene rings is 1. The average molecular weight is 385 g/mol. The van der Waals surface area contributed by atoms with Gasteiger partial charge in [0, 0.05) is 30.3 Å². The zero-order valence-corrected chi connectivity index (χ0v) is 15.2. The molecule has 26 heavy (non-hydrogen) atoms. The second-order valence-corrected chi connectivity index (χ2v) is 7.48. The third kappa shape index (κ3) is 3.45. The van der Waals surface area contributed by atoms with E-state index in [0.29, 0.717) is 11.4 Å². The highest BCUT2D eigenvalue weighted by Crippen LogP contribution is 2.33. The van der Waals surface area contributed by atoms with Crippen molar-refractivity contribution in [3.8, 4) is 5.69 Å². The highest BCUT2D eigenvalue weighted by molar-refractivity contribution is 7.29. The minimum absolute atomic E-state index is 0.0561. The van der Waals surface area contributed by atoms with Gasteiger partial charge in [0.1, 0.15) is 4.83 Å². The molecule has 3 N–H and O–H groups in total. The van der Waals surface area contributed by atoms with Gasteiger partial charge in [0.15, 0.2) is 5.13 Å². The number of nitrogens with one attached hydrogen (secondary N) is 2. The van der Waals surface area contributed by atoms with Crippen LogP contribution in [0.2, 0.25) is 0 Å². The standard InChI is InChI=1S/C17H15N5O2S2/c23-8-6-19-17-21-16-14(26-17)9-13(25-16)15(24)20-11-1-3-12(4-2-11)22-7-5-18-10-22/h1-5,7,9-10,23H,6,8H2,(H,19,21)(H,20,24). The number of imidazole rings is 1. The molecule has 0 fully saturated rings. The van der Waals surface area contributed by atoms with Crippen LogP contribution in [0.3, 0.4) is 0 Å². The van der Waals surface area contributed by atoms with Crippen LogP contribution in [0.4, 0.5) is 10.8 Å². The Morgan fingerprint density at radius 3 is 2.77 bits per heavy atom. The molecule has 132 valence electrons. The fourth-order valence-corrected chi connectivity index (χ4v) is 4.44. The molecule has 0 saturated heterocycles. The van der Waals surface area contributed by atoms with Gasteiger partial charge in [0.05, 0.1) is 22.5 Å². The number of aromatic nitrogens is 3. The van der Waals surface area contributed by atoms with Gasteiger partial charge in [-0.15, -0.1) is 11.3 Å². The molecule has 0 unspecified atom stereocenters. The lowest BCUT2D eigenvalue weighted by molar-refractivity contribution is 0.103. The molecule has 9 heteroatoms. The molecule has 4 rings (SSSR count). The number of aliphatic hydroxyl groups excluding tert-OH is 1. The normalized spacial score (nSPS) is 11.0. The summed E-state index contributed by atoms with van der Waals surface area (Å²) in [4.78, 5) is 22.3. The number of benzene rings is 1. The first-order chi connectivity index (χ1) is 12.7. The number of amides is 1. The molecule has 0 saturated carbocycles. The minimum atomic E-state index is -0.152. The smallest absolute Gasteiger partial charge is 0.265 e. The topological polar surface area (TPSA) is 92.1 Å². The Hall–Kier alpha value is -2.75. The molecule has 3 heterocycles. The molecule has 7 nitrogen and oxygen atoms in total. The van der Waals surface area contributed by atoms with Gasteiger partial charge >= 0.3 is 0 Å². The number of fused-ring (bicyclic) bond motifs is 1. The van der Waals surface area contributed by atoms with Crippen LogP contribution in [0, 0.1) is 0 Å². The van der Waals surface area contributed by atoms with Crippen LogP contribution in [0.15, 0.2) is 49.1 Å². The third-order valence-corrected chi connectivity index (χ3v) is 5.75. The molecule has 0 spiro atoms. The van der Waals surface area contributed by atoms with Crippen molar-refractivity contribution in [3.05, 3.63) is 53.9 Å². The van der Waals surface area contributed by atoms with E-state index in [2.05, 4.69) is 20.6 Å². The van der Waals surface area contributed by atoms with E-state index in [0.717, 1.165) is 26.0 Å². The number of aliphatic hydroxyl groups is 1. The van der Waals surface area contributed by atoms with Crippen molar-refractivity contribution in [1.29, 1.82) is 0 Å². The average Bonchev–Trinajstić information content (AvgIpc) is 3.36. The number of rotatable bonds is 6. The van der Waals surface area contributed by atoms with Gasteiger partial charge in [0.2, 0.25) is 0 Å². The first-order valence-electron chi connectivity index (χ1n) is 7.88. The van der Waals surface area contributed by atoms with Crippen LogP contribution in [-0.4, -0.2) is 38.7 Å². The highest BCUT2D eigenvalue weighted by Gasteiger charge is 2.14. The van der Waals surface area contributed by atoms with Crippen LogP contribution >= 0.6 is 22.7 Å². The molecule has 0 atom stereocenters. The van der Waals surface area contributed by atoms with Crippen molar-refractivity contribution in [2.24, 2.45) is 0 Å². The summed E-state index contributed by atoms with van der Waals surface area (Å²) in [6.45, 7) is 0.518. The number of carbonyl (C=O) groups is 1. The Balaban J connectivity index is 1.45. The Kier molecular flexibility index (Phi) is 4.65. The van der Waals surface area contributed by atoms with Crippen molar-refractivity contribution in [1.82, 2.24) is 14.5 Å². The van der Waals surface area contributed by atoms with Gasteiger partial charge in [-0.2, -0.15) is 0 Å². The Labute approximate surface area is 157 Å². The first-order valence-corrected chi connectivity index (χ1v) is 9.51. The van der Waals surface area contributed by atoms with Gasteiger partial charge < -0.3 is 20.3 Å². The number of anilines is 2. The lowest BCUT2D eigenvalue weighted by Gasteiger charge is -2.06. The van der Waals surface area contributed by atoms with E-state index >= 15 is 0 Å². The maximum atomic E-state index is 12.5. The summed E-state index contributed by atoms with van der Waals surface area (Å²) in [6, 6.07) is 9.41. The number of nitrogens with zero attached hydrogens (tertiary/aromatic N) is 3.